The van der Waals surface area contributed by atoms with E-state index in [1.54, 1.807) is 7.11 Å². The van der Waals surface area contributed by atoms with Crippen LogP contribution in [0.4, 0.5) is 0 Å². The van der Waals surface area contributed by atoms with Gasteiger partial charge in [-0.2, -0.15) is 0 Å². The maximum Gasteiger partial charge on any atom is 0.260 e. The van der Waals surface area contributed by atoms with Crippen LogP contribution >= 0.6 is 0 Å². The van der Waals surface area contributed by atoms with Gasteiger partial charge in [-0.25, -0.2) is 0 Å². The predicted octanol–water partition coefficient (Wildman–Crippen LogP) is 1.29. The van der Waals surface area contributed by atoms with Crippen LogP contribution in [0.3, 0.4) is 0 Å². The predicted molar refractivity (Wildman–Crippen MR) is 112 cm³/mol. The zero-order valence-corrected chi connectivity index (χ0v) is 18.5. The van der Waals surface area contributed by atoms with Crippen molar-refractivity contribution in [1.29, 1.82) is 0 Å². The fourth-order valence-electron chi connectivity index (χ4n) is 4.24. The van der Waals surface area contributed by atoms with E-state index in [1.165, 1.54) is 56.9 Å². The summed E-state index contributed by atoms with van der Waals surface area (Å²) >= 11 is 0. The second-order valence-corrected chi connectivity index (χ2v) is 8.14. The van der Waals surface area contributed by atoms with Gasteiger partial charge >= 0.3 is 0 Å². The highest BCUT2D eigenvalue weighted by Gasteiger charge is 2.18. The molecule has 1 aromatic carbocycles. The highest BCUT2D eigenvalue weighted by Crippen LogP contribution is 2.28. The number of nitrogens with one attached hydrogen (secondary N) is 1. The lowest BCUT2D eigenvalue weighted by Gasteiger charge is -2.26. The molecule has 0 aromatic heterocycles. The number of amides is 1. The Labute approximate surface area is 181 Å². The van der Waals surface area contributed by atoms with Crippen molar-refractivity contribution in [3.63, 3.8) is 0 Å². The SMILES string of the molecule is COc1cc(CNC2CCCCCCC2)ccc1OCC(=O)N1CCCCC1.[Cl-]. The van der Waals surface area contributed by atoms with Crippen molar-refractivity contribution in [3.05, 3.63) is 23.8 Å². The Kier molecular flexibility index (Phi) is 10.6. The molecule has 1 saturated carbocycles. The Hall–Kier alpha value is -1.46. The van der Waals surface area contributed by atoms with Gasteiger partial charge in [0, 0.05) is 25.7 Å². The van der Waals surface area contributed by atoms with Gasteiger partial charge in [0.15, 0.2) is 18.1 Å². The molecule has 0 atom stereocenters. The molecule has 1 amide bonds. The van der Waals surface area contributed by atoms with Crippen molar-refractivity contribution in [2.24, 2.45) is 0 Å². The van der Waals surface area contributed by atoms with Gasteiger partial charge in [-0.05, 0) is 49.8 Å². The van der Waals surface area contributed by atoms with Crippen LogP contribution < -0.4 is 27.2 Å². The average molecular weight is 424 g/mol. The number of carbonyl (C=O) groups excluding carboxylic acids is 1. The van der Waals surface area contributed by atoms with Gasteiger partial charge in [0.1, 0.15) is 0 Å². The van der Waals surface area contributed by atoms with E-state index in [1.807, 2.05) is 17.0 Å². The molecule has 0 radical (unpaired) electrons. The number of likely N-dealkylation sites (tertiary alicyclic amines) is 1. The lowest BCUT2D eigenvalue weighted by molar-refractivity contribution is -0.134. The quantitative estimate of drug-likeness (QED) is 0.718. The normalized spacial score (nSPS) is 18.3. The third-order valence-electron chi connectivity index (χ3n) is 5.99. The maximum atomic E-state index is 12.3. The van der Waals surface area contributed by atoms with Gasteiger partial charge in [0.2, 0.25) is 0 Å². The van der Waals surface area contributed by atoms with Gasteiger partial charge in [-0.3, -0.25) is 4.79 Å². The molecule has 29 heavy (non-hydrogen) atoms. The summed E-state index contributed by atoms with van der Waals surface area (Å²) in [7, 11) is 1.65. The van der Waals surface area contributed by atoms with Crippen LogP contribution in [-0.2, 0) is 11.3 Å². The van der Waals surface area contributed by atoms with E-state index in [9.17, 15) is 4.79 Å². The lowest BCUT2D eigenvalue weighted by Crippen LogP contribution is -3.00. The molecule has 3 rings (SSSR count). The summed E-state index contributed by atoms with van der Waals surface area (Å²) in [5.41, 5.74) is 1.19. The van der Waals surface area contributed by atoms with Gasteiger partial charge in [0.25, 0.3) is 5.91 Å². The summed E-state index contributed by atoms with van der Waals surface area (Å²) in [4.78, 5) is 14.2. The number of benzene rings is 1. The van der Waals surface area contributed by atoms with E-state index < -0.39 is 0 Å². The molecule has 0 bridgehead atoms. The molecule has 1 aliphatic heterocycles. The molecule has 5 nitrogen and oxygen atoms in total. The van der Waals surface area contributed by atoms with Crippen LogP contribution in [-0.4, -0.2) is 43.7 Å². The Morgan fingerprint density at radius 3 is 2.34 bits per heavy atom. The molecule has 1 saturated heterocycles. The molecule has 2 fully saturated rings. The second kappa shape index (κ2) is 13.0. The van der Waals surface area contributed by atoms with Gasteiger partial charge in [0.05, 0.1) is 7.11 Å². The first-order chi connectivity index (χ1) is 13.8. The number of hydrogen-bond donors (Lipinski definition) is 1. The third kappa shape index (κ3) is 7.71. The van der Waals surface area contributed by atoms with Crippen molar-refractivity contribution in [2.45, 2.75) is 76.8 Å². The van der Waals surface area contributed by atoms with E-state index in [2.05, 4.69) is 11.4 Å². The minimum absolute atomic E-state index is 0. The summed E-state index contributed by atoms with van der Waals surface area (Å²) in [6.07, 6.45) is 12.8. The smallest absolute Gasteiger partial charge is 0.260 e. The van der Waals surface area contributed by atoms with Crippen LogP contribution in [0.15, 0.2) is 18.2 Å². The summed E-state index contributed by atoms with van der Waals surface area (Å²) in [6.45, 7) is 2.63. The molecule has 1 aliphatic carbocycles. The van der Waals surface area contributed by atoms with E-state index in [-0.39, 0.29) is 24.9 Å². The van der Waals surface area contributed by atoms with E-state index in [0.717, 1.165) is 32.5 Å². The summed E-state index contributed by atoms with van der Waals surface area (Å²) in [5, 5.41) is 3.71. The van der Waals surface area contributed by atoms with Crippen molar-refractivity contribution in [3.8, 4) is 11.5 Å². The number of carbonyl (C=O) groups is 1. The van der Waals surface area contributed by atoms with Crippen LogP contribution in [0.5, 0.6) is 11.5 Å². The average Bonchev–Trinajstić information content (AvgIpc) is 2.72. The van der Waals surface area contributed by atoms with Gasteiger partial charge < -0.3 is 32.1 Å². The number of hydrogen-bond acceptors (Lipinski definition) is 4. The number of nitrogens with zero attached hydrogens (tertiary/aromatic N) is 1. The van der Waals surface area contributed by atoms with Gasteiger partial charge in [-0.15, -0.1) is 0 Å². The molecular formula is C23H36ClN2O3-. The zero-order chi connectivity index (χ0) is 19.6. The summed E-state index contributed by atoms with van der Waals surface area (Å²) in [6, 6.07) is 6.64. The van der Waals surface area contributed by atoms with E-state index in [0.29, 0.717) is 17.5 Å². The van der Waals surface area contributed by atoms with Crippen LogP contribution in [0, 0.1) is 0 Å². The molecule has 0 unspecified atom stereocenters. The van der Waals surface area contributed by atoms with Crippen molar-refractivity contribution in [2.75, 3.05) is 26.8 Å². The van der Waals surface area contributed by atoms with Crippen LogP contribution in [0.1, 0.15) is 69.8 Å². The minimum atomic E-state index is 0. The Bertz CT molecular complexity index is 612. The van der Waals surface area contributed by atoms with Crippen LogP contribution in [0.25, 0.3) is 0 Å². The molecule has 2 aliphatic rings. The summed E-state index contributed by atoms with van der Waals surface area (Å²) in [5.74, 6) is 1.41. The second-order valence-electron chi connectivity index (χ2n) is 8.14. The molecule has 1 heterocycles. The van der Waals surface area contributed by atoms with Crippen LogP contribution in [0.2, 0.25) is 0 Å². The number of halogens is 1. The fraction of sp³-hybridized carbons (Fsp3) is 0.696. The largest absolute Gasteiger partial charge is 1.00 e. The highest BCUT2D eigenvalue weighted by atomic mass is 35.5. The van der Waals surface area contributed by atoms with Gasteiger partial charge in [-0.1, -0.05) is 38.2 Å². The van der Waals surface area contributed by atoms with E-state index >= 15 is 0 Å². The maximum absolute atomic E-state index is 12.3. The molecule has 1 aromatic rings. The minimum Gasteiger partial charge on any atom is -1.00 e. The first-order valence-electron chi connectivity index (χ1n) is 11.1. The number of ether oxygens (including phenoxy) is 2. The molecule has 1 N–H and O–H groups in total. The Morgan fingerprint density at radius 2 is 1.66 bits per heavy atom. The molecule has 6 heteroatoms. The lowest BCUT2D eigenvalue weighted by atomic mass is 9.96. The van der Waals surface area contributed by atoms with E-state index in [4.69, 9.17) is 9.47 Å². The monoisotopic (exact) mass is 423 g/mol. The molecule has 0 spiro atoms. The molecular weight excluding hydrogens is 388 g/mol. The Balaban J connectivity index is 0.00000300. The highest BCUT2D eigenvalue weighted by molar-refractivity contribution is 5.78. The third-order valence-corrected chi connectivity index (χ3v) is 5.99. The number of methoxy groups -OCH3 is 1. The first-order valence-corrected chi connectivity index (χ1v) is 11.1. The Morgan fingerprint density at radius 1 is 1.00 bits per heavy atom. The first kappa shape index (κ1) is 23.8. The standard InChI is InChI=1S/C23H36N2O3.ClH/c1-27-22-16-19(17-24-20-10-6-3-2-4-7-11-20)12-13-21(22)28-18-23(26)25-14-8-5-9-15-25;/h12-13,16,20,24H,2-11,14-15,17-18H2,1H3;1H/p-1. The number of piperidine rings is 1. The zero-order valence-electron chi connectivity index (χ0n) is 17.8. The summed E-state index contributed by atoms with van der Waals surface area (Å²) < 4.78 is 11.3. The van der Waals surface area contributed by atoms with Crippen molar-refractivity contribution >= 4 is 5.91 Å². The van der Waals surface area contributed by atoms with Crippen molar-refractivity contribution in [1.82, 2.24) is 10.2 Å². The fourth-order valence-corrected chi connectivity index (χ4v) is 4.24. The molecule has 164 valence electrons. The topological polar surface area (TPSA) is 50.8 Å². The number of rotatable bonds is 7. The van der Waals surface area contributed by atoms with Crippen molar-refractivity contribution < 1.29 is 26.7 Å².